The van der Waals surface area contributed by atoms with Crippen molar-refractivity contribution in [2.45, 2.75) is 28.9 Å². The van der Waals surface area contributed by atoms with Crippen LogP contribution in [0.1, 0.15) is 18.9 Å². The Morgan fingerprint density at radius 2 is 1.73 bits per heavy atom. The highest BCUT2D eigenvalue weighted by Crippen LogP contribution is 2.33. The molecule has 0 saturated carbocycles. The summed E-state index contributed by atoms with van der Waals surface area (Å²) < 4.78 is 47.8. The lowest BCUT2D eigenvalue weighted by atomic mass is 10.2. The summed E-state index contributed by atoms with van der Waals surface area (Å²) in [6.45, 7) is 2.16. The van der Waals surface area contributed by atoms with Crippen molar-refractivity contribution in [3.63, 3.8) is 0 Å². The summed E-state index contributed by atoms with van der Waals surface area (Å²) in [5, 5.41) is 2.81. The van der Waals surface area contributed by atoms with Crippen LogP contribution in [0.15, 0.2) is 82.6 Å². The Morgan fingerprint density at radius 3 is 2.43 bits per heavy atom. The fraction of sp³-hybridized carbons (Fsp3) is 0.296. The molecule has 3 rings (SSSR count). The predicted octanol–water partition coefficient (Wildman–Crippen LogP) is 5.58. The molecule has 0 unspecified atom stereocenters. The minimum Gasteiger partial charge on any atom is -0.492 e. The van der Waals surface area contributed by atoms with Crippen LogP contribution in [0.3, 0.4) is 0 Å². The normalized spacial score (nSPS) is 11.2. The number of halogens is 1. The molecule has 3 aromatic rings. The molecule has 1 N–H and O–H groups in total. The van der Waals surface area contributed by atoms with Gasteiger partial charge in [0.05, 0.1) is 17.2 Å². The number of carbonyl (C=O) groups is 1. The lowest BCUT2D eigenvalue weighted by Gasteiger charge is -2.26. The van der Waals surface area contributed by atoms with Gasteiger partial charge in [-0.2, -0.15) is 11.8 Å². The first kappa shape index (κ1) is 28.9. The van der Waals surface area contributed by atoms with Crippen molar-refractivity contribution in [1.29, 1.82) is 0 Å². The first-order valence-electron chi connectivity index (χ1n) is 11.8. The molecule has 10 heteroatoms. The number of hydrogen-bond acceptors (Lipinski definition) is 6. The number of hydrogen-bond donors (Lipinski definition) is 1. The fourth-order valence-electron chi connectivity index (χ4n) is 3.50. The van der Waals surface area contributed by atoms with Gasteiger partial charge in [0.25, 0.3) is 10.0 Å². The topological polar surface area (TPSA) is 75.7 Å². The minimum absolute atomic E-state index is 0.0916. The van der Waals surface area contributed by atoms with Crippen molar-refractivity contribution in [2.75, 3.05) is 36.0 Å². The number of para-hydroxylation sites is 2. The van der Waals surface area contributed by atoms with Gasteiger partial charge < -0.3 is 10.1 Å². The number of nitrogens with one attached hydrogen (secondary N) is 1. The third kappa shape index (κ3) is 8.15. The number of nitrogens with zero attached hydrogens (tertiary/aromatic N) is 1. The van der Waals surface area contributed by atoms with E-state index in [1.165, 1.54) is 17.8 Å². The molecule has 198 valence electrons. The van der Waals surface area contributed by atoms with E-state index in [1.807, 2.05) is 13.2 Å². The standard InChI is InChI=1S/C27H31FN2O4S3/c1-3-34-26-12-7-6-11-25(26)30(37(32,33)23-15-13-22(35-2)14-16-23)19-27(31)29-17-8-18-36-20-21-9-4-5-10-24(21)28/h4-7,9-16H,3,8,17-20H2,1-2H3,(H,29,31). The summed E-state index contributed by atoms with van der Waals surface area (Å²) in [7, 11) is -4.05. The van der Waals surface area contributed by atoms with Crippen molar-refractivity contribution in [2.24, 2.45) is 0 Å². The van der Waals surface area contributed by atoms with E-state index in [0.29, 0.717) is 42.3 Å². The Bertz CT molecular complexity index is 1270. The number of ether oxygens (including phenoxy) is 1. The summed E-state index contributed by atoms with van der Waals surface area (Å²) in [5.74, 6) is 1.02. The number of carbonyl (C=O) groups excluding carboxylic acids is 1. The van der Waals surface area contributed by atoms with Gasteiger partial charge in [0.15, 0.2) is 0 Å². The van der Waals surface area contributed by atoms with Gasteiger partial charge in [-0.1, -0.05) is 30.3 Å². The molecule has 0 bridgehead atoms. The van der Waals surface area contributed by atoms with Gasteiger partial charge in [0, 0.05) is 17.2 Å². The first-order chi connectivity index (χ1) is 17.9. The van der Waals surface area contributed by atoms with Crippen molar-refractivity contribution < 1.29 is 22.3 Å². The van der Waals surface area contributed by atoms with E-state index in [2.05, 4.69) is 5.32 Å². The second-order valence-electron chi connectivity index (χ2n) is 7.94. The van der Waals surface area contributed by atoms with Gasteiger partial charge >= 0.3 is 0 Å². The van der Waals surface area contributed by atoms with Gasteiger partial charge in [0.2, 0.25) is 5.91 Å². The van der Waals surface area contributed by atoms with E-state index in [-0.39, 0.29) is 17.3 Å². The Balaban J connectivity index is 1.67. The zero-order valence-electron chi connectivity index (χ0n) is 20.9. The van der Waals surface area contributed by atoms with Crippen LogP contribution in [0.2, 0.25) is 0 Å². The van der Waals surface area contributed by atoms with Gasteiger partial charge in [-0.05, 0) is 73.4 Å². The largest absolute Gasteiger partial charge is 0.492 e. The fourth-order valence-corrected chi connectivity index (χ4v) is 6.29. The predicted molar refractivity (Wildman–Crippen MR) is 151 cm³/mol. The van der Waals surface area contributed by atoms with Crippen LogP contribution in [0, 0.1) is 5.82 Å². The monoisotopic (exact) mass is 562 g/mol. The maximum atomic E-state index is 13.7. The van der Waals surface area contributed by atoms with Crippen LogP contribution in [-0.2, 0) is 20.6 Å². The Morgan fingerprint density at radius 1 is 1.03 bits per heavy atom. The molecule has 0 heterocycles. The van der Waals surface area contributed by atoms with Gasteiger partial charge in [-0.25, -0.2) is 12.8 Å². The zero-order chi connectivity index (χ0) is 26.7. The summed E-state index contributed by atoms with van der Waals surface area (Å²) >= 11 is 3.09. The molecule has 0 aliphatic rings. The van der Waals surface area contributed by atoms with E-state index in [1.54, 1.807) is 78.5 Å². The molecule has 0 radical (unpaired) electrons. The summed E-state index contributed by atoms with van der Waals surface area (Å²) in [6, 6.07) is 20.0. The molecule has 3 aromatic carbocycles. The van der Waals surface area contributed by atoms with Gasteiger partial charge in [-0.3, -0.25) is 9.10 Å². The molecule has 0 aliphatic carbocycles. The van der Waals surface area contributed by atoms with Crippen LogP contribution in [-0.4, -0.2) is 46.0 Å². The van der Waals surface area contributed by atoms with Crippen LogP contribution < -0.4 is 14.4 Å². The number of amides is 1. The lowest BCUT2D eigenvalue weighted by molar-refractivity contribution is -0.119. The molecular formula is C27H31FN2O4S3. The van der Waals surface area contributed by atoms with Crippen LogP contribution in [0.5, 0.6) is 5.75 Å². The Kier molecular flexibility index (Phi) is 11.2. The minimum atomic E-state index is -4.05. The quantitative estimate of drug-likeness (QED) is 0.204. The number of benzene rings is 3. The van der Waals surface area contributed by atoms with Crippen molar-refractivity contribution >= 4 is 45.1 Å². The summed E-state index contributed by atoms with van der Waals surface area (Å²) in [5.41, 5.74) is 0.949. The van der Waals surface area contributed by atoms with E-state index in [9.17, 15) is 17.6 Å². The average molecular weight is 563 g/mol. The molecule has 6 nitrogen and oxygen atoms in total. The molecule has 1 amide bonds. The molecule has 0 aliphatic heterocycles. The number of anilines is 1. The summed E-state index contributed by atoms with van der Waals surface area (Å²) in [4.78, 5) is 13.9. The van der Waals surface area contributed by atoms with Crippen molar-refractivity contribution in [3.8, 4) is 5.75 Å². The molecular weight excluding hydrogens is 532 g/mol. The number of thioether (sulfide) groups is 2. The number of sulfonamides is 1. The van der Waals surface area contributed by atoms with Crippen LogP contribution in [0.4, 0.5) is 10.1 Å². The maximum absolute atomic E-state index is 13.7. The van der Waals surface area contributed by atoms with Gasteiger partial charge in [-0.15, -0.1) is 11.8 Å². The Labute approximate surface area is 227 Å². The summed E-state index contributed by atoms with van der Waals surface area (Å²) in [6.07, 6.45) is 2.58. The molecule has 0 spiro atoms. The third-order valence-electron chi connectivity index (χ3n) is 5.37. The third-order valence-corrected chi connectivity index (χ3v) is 8.98. The molecule has 0 fully saturated rings. The smallest absolute Gasteiger partial charge is 0.264 e. The van der Waals surface area contributed by atoms with E-state index in [0.717, 1.165) is 15.0 Å². The molecule has 37 heavy (non-hydrogen) atoms. The highest BCUT2D eigenvalue weighted by molar-refractivity contribution is 7.98. The highest BCUT2D eigenvalue weighted by Gasteiger charge is 2.29. The van der Waals surface area contributed by atoms with Crippen LogP contribution >= 0.6 is 23.5 Å². The van der Waals surface area contributed by atoms with Crippen molar-refractivity contribution in [3.05, 3.63) is 84.2 Å². The second kappa shape index (κ2) is 14.3. The van der Waals surface area contributed by atoms with E-state index < -0.39 is 15.9 Å². The van der Waals surface area contributed by atoms with E-state index >= 15 is 0 Å². The van der Waals surface area contributed by atoms with E-state index in [4.69, 9.17) is 4.74 Å². The first-order valence-corrected chi connectivity index (χ1v) is 15.6. The second-order valence-corrected chi connectivity index (χ2v) is 11.8. The molecule has 0 saturated heterocycles. The van der Waals surface area contributed by atoms with Gasteiger partial charge in [0.1, 0.15) is 18.1 Å². The SMILES string of the molecule is CCOc1ccccc1N(CC(=O)NCCCSCc1ccccc1F)S(=O)(=O)c1ccc(SC)cc1. The zero-order valence-corrected chi connectivity index (χ0v) is 23.3. The Hall–Kier alpha value is -2.69. The molecule has 0 atom stereocenters. The maximum Gasteiger partial charge on any atom is 0.264 e. The van der Waals surface area contributed by atoms with Crippen LogP contribution in [0.25, 0.3) is 0 Å². The average Bonchev–Trinajstić information content (AvgIpc) is 2.91. The van der Waals surface area contributed by atoms with Crippen molar-refractivity contribution in [1.82, 2.24) is 5.32 Å². The highest BCUT2D eigenvalue weighted by atomic mass is 32.2. The lowest BCUT2D eigenvalue weighted by Crippen LogP contribution is -2.41. The molecule has 0 aromatic heterocycles. The number of rotatable bonds is 14.